The zero-order chi connectivity index (χ0) is 12.3. The molecule has 0 saturated carbocycles. The maximum Gasteiger partial charge on any atom is 0.115 e. The van der Waals surface area contributed by atoms with Crippen molar-refractivity contribution in [2.24, 2.45) is 11.8 Å². The van der Waals surface area contributed by atoms with Crippen molar-refractivity contribution in [3.05, 3.63) is 11.9 Å². The minimum Gasteiger partial charge on any atom is -0.383 e. The molecular weight excluding hydrogens is 202 g/mol. The molecule has 0 saturated heterocycles. The molecule has 1 rings (SSSR count). The van der Waals surface area contributed by atoms with Gasteiger partial charge in [-0.1, -0.05) is 39.8 Å². The highest BCUT2D eigenvalue weighted by Crippen LogP contribution is 2.35. The molecule has 0 fully saturated rings. The first-order valence-electron chi connectivity index (χ1n) is 6.05. The van der Waals surface area contributed by atoms with Crippen LogP contribution in [0.3, 0.4) is 0 Å². The summed E-state index contributed by atoms with van der Waals surface area (Å²) >= 11 is 0. The Morgan fingerprint density at radius 3 is 2.31 bits per heavy atom. The van der Waals surface area contributed by atoms with E-state index in [9.17, 15) is 5.11 Å². The largest absolute Gasteiger partial charge is 0.383 e. The molecule has 0 bridgehead atoms. The van der Waals surface area contributed by atoms with Gasteiger partial charge >= 0.3 is 0 Å². The van der Waals surface area contributed by atoms with Crippen molar-refractivity contribution < 1.29 is 5.11 Å². The van der Waals surface area contributed by atoms with Crippen LogP contribution in [0.15, 0.2) is 6.20 Å². The SMILES string of the molecule is CCCn1cc(C(O)(C(C)C)C(C)C)nn1. The predicted molar refractivity (Wildman–Crippen MR) is 63.9 cm³/mol. The fraction of sp³-hybridized carbons (Fsp3) is 0.833. The van der Waals surface area contributed by atoms with Crippen molar-refractivity contribution in [3.8, 4) is 0 Å². The lowest BCUT2D eigenvalue weighted by atomic mass is 9.78. The minimum atomic E-state index is -0.883. The highest BCUT2D eigenvalue weighted by molar-refractivity contribution is 5.09. The highest BCUT2D eigenvalue weighted by atomic mass is 16.3. The van der Waals surface area contributed by atoms with Crippen LogP contribution in [0.4, 0.5) is 0 Å². The van der Waals surface area contributed by atoms with E-state index in [0.29, 0.717) is 5.69 Å². The van der Waals surface area contributed by atoms with E-state index in [1.54, 1.807) is 4.68 Å². The van der Waals surface area contributed by atoms with E-state index in [1.807, 2.05) is 33.9 Å². The molecule has 0 unspecified atom stereocenters. The monoisotopic (exact) mass is 225 g/mol. The van der Waals surface area contributed by atoms with Crippen LogP contribution in [0.1, 0.15) is 46.7 Å². The van der Waals surface area contributed by atoms with Crippen LogP contribution < -0.4 is 0 Å². The van der Waals surface area contributed by atoms with Crippen molar-refractivity contribution in [2.45, 2.75) is 53.2 Å². The van der Waals surface area contributed by atoms with Crippen molar-refractivity contribution in [1.29, 1.82) is 0 Å². The van der Waals surface area contributed by atoms with Crippen LogP contribution in [0.25, 0.3) is 0 Å². The molecule has 0 aliphatic carbocycles. The summed E-state index contributed by atoms with van der Waals surface area (Å²) in [5, 5.41) is 18.9. The second-order valence-corrected chi connectivity index (χ2v) is 5.00. The van der Waals surface area contributed by atoms with E-state index in [-0.39, 0.29) is 11.8 Å². The lowest BCUT2D eigenvalue weighted by Crippen LogP contribution is -2.38. The van der Waals surface area contributed by atoms with E-state index in [2.05, 4.69) is 17.2 Å². The number of aliphatic hydroxyl groups is 1. The summed E-state index contributed by atoms with van der Waals surface area (Å²) in [4.78, 5) is 0. The van der Waals surface area contributed by atoms with Gasteiger partial charge in [0.05, 0.1) is 6.20 Å². The molecule has 0 aliphatic heterocycles. The first-order valence-corrected chi connectivity index (χ1v) is 6.05. The first kappa shape index (κ1) is 13.2. The standard InChI is InChI=1S/C12H23N3O/c1-6-7-15-8-11(13-14-15)12(16,9(2)3)10(4)5/h8-10,16H,6-7H2,1-5H3. The fourth-order valence-electron chi connectivity index (χ4n) is 2.08. The van der Waals surface area contributed by atoms with Crippen molar-refractivity contribution >= 4 is 0 Å². The molecule has 0 spiro atoms. The Morgan fingerprint density at radius 1 is 1.31 bits per heavy atom. The van der Waals surface area contributed by atoms with Crippen LogP contribution in [0.5, 0.6) is 0 Å². The van der Waals surface area contributed by atoms with E-state index in [1.165, 1.54) is 0 Å². The third kappa shape index (κ3) is 2.26. The summed E-state index contributed by atoms with van der Waals surface area (Å²) in [6.07, 6.45) is 2.88. The Hall–Kier alpha value is -0.900. The number of aromatic nitrogens is 3. The Labute approximate surface area is 97.7 Å². The molecule has 0 atom stereocenters. The predicted octanol–water partition coefficient (Wildman–Crippen LogP) is 2.19. The van der Waals surface area contributed by atoms with Gasteiger partial charge < -0.3 is 5.11 Å². The number of hydrogen-bond acceptors (Lipinski definition) is 3. The molecule has 1 heterocycles. The molecule has 0 aromatic carbocycles. The van der Waals surface area contributed by atoms with Crippen LogP contribution in [0.2, 0.25) is 0 Å². The Kier molecular flexibility index (Phi) is 4.08. The molecular formula is C12H23N3O. The molecule has 0 radical (unpaired) electrons. The Balaban J connectivity index is 3.02. The van der Waals surface area contributed by atoms with Crippen LogP contribution in [-0.2, 0) is 12.1 Å². The lowest BCUT2D eigenvalue weighted by Gasteiger charge is -2.34. The highest BCUT2D eigenvalue weighted by Gasteiger charge is 2.39. The molecule has 4 nitrogen and oxygen atoms in total. The smallest absolute Gasteiger partial charge is 0.115 e. The Morgan fingerprint density at radius 2 is 1.88 bits per heavy atom. The van der Waals surface area contributed by atoms with Crippen molar-refractivity contribution in [1.82, 2.24) is 15.0 Å². The molecule has 16 heavy (non-hydrogen) atoms. The second-order valence-electron chi connectivity index (χ2n) is 5.00. The molecule has 0 aliphatic rings. The quantitative estimate of drug-likeness (QED) is 0.835. The minimum absolute atomic E-state index is 0.124. The summed E-state index contributed by atoms with van der Waals surface area (Å²) < 4.78 is 1.80. The van der Waals surface area contributed by atoms with E-state index in [4.69, 9.17) is 0 Å². The van der Waals surface area contributed by atoms with Crippen LogP contribution >= 0.6 is 0 Å². The van der Waals surface area contributed by atoms with Crippen molar-refractivity contribution in [3.63, 3.8) is 0 Å². The third-order valence-corrected chi connectivity index (χ3v) is 3.16. The lowest BCUT2D eigenvalue weighted by molar-refractivity contribution is -0.0569. The Bertz CT molecular complexity index is 323. The second kappa shape index (κ2) is 4.95. The molecule has 1 aromatic heterocycles. The summed E-state index contributed by atoms with van der Waals surface area (Å²) in [5.41, 5.74) is -0.197. The van der Waals surface area contributed by atoms with Gasteiger partial charge in [0.25, 0.3) is 0 Å². The van der Waals surface area contributed by atoms with Crippen LogP contribution in [-0.4, -0.2) is 20.1 Å². The summed E-state index contributed by atoms with van der Waals surface area (Å²) in [5.74, 6) is 0.249. The molecule has 92 valence electrons. The van der Waals surface area contributed by atoms with Gasteiger partial charge in [0, 0.05) is 6.54 Å². The van der Waals surface area contributed by atoms with Gasteiger partial charge in [0.2, 0.25) is 0 Å². The number of nitrogens with zero attached hydrogens (tertiary/aromatic N) is 3. The van der Waals surface area contributed by atoms with E-state index < -0.39 is 5.60 Å². The van der Waals surface area contributed by atoms with Crippen LogP contribution in [0, 0.1) is 11.8 Å². The number of rotatable bonds is 5. The third-order valence-electron chi connectivity index (χ3n) is 3.16. The van der Waals surface area contributed by atoms with E-state index in [0.717, 1.165) is 13.0 Å². The van der Waals surface area contributed by atoms with Gasteiger partial charge in [-0.3, -0.25) is 4.68 Å². The van der Waals surface area contributed by atoms with Gasteiger partial charge in [-0.2, -0.15) is 0 Å². The maximum absolute atomic E-state index is 10.7. The van der Waals surface area contributed by atoms with Crippen molar-refractivity contribution in [2.75, 3.05) is 0 Å². The zero-order valence-corrected chi connectivity index (χ0v) is 10.9. The maximum atomic E-state index is 10.7. The normalized spacial score (nSPS) is 12.8. The van der Waals surface area contributed by atoms with Gasteiger partial charge in [-0.15, -0.1) is 5.10 Å². The average Bonchev–Trinajstić information content (AvgIpc) is 2.65. The van der Waals surface area contributed by atoms with Gasteiger partial charge in [0.15, 0.2) is 0 Å². The number of aryl methyl sites for hydroxylation is 1. The molecule has 1 aromatic rings. The molecule has 4 heteroatoms. The van der Waals surface area contributed by atoms with Gasteiger partial charge in [0.1, 0.15) is 11.3 Å². The first-order chi connectivity index (χ1) is 7.42. The number of hydrogen-bond donors (Lipinski definition) is 1. The van der Waals surface area contributed by atoms with Gasteiger partial charge in [-0.25, -0.2) is 0 Å². The average molecular weight is 225 g/mol. The topological polar surface area (TPSA) is 50.9 Å². The fourth-order valence-corrected chi connectivity index (χ4v) is 2.08. The zero-order valence-electron chi connectivity index (χ0n) is 10.9. The van der Waals surface area contributed by atoms with Gasteiger partial charge in [-0.05, 0) is 18.3 Å². The van der Waals surface area contributed by atoms with E-state index >= 15 is 0 Å². The summed E-state index contributed by atoms with van der Waals surface area (Å²) in [6, 6.07) is 0. The summed E-state index contributed by atoms with van der Waals surface area (Å²) in [7, 11) is 0. The summed E-state index contributed by atoms with van der Waals surface area (Å²) in [6.45, 7) is 11.0. The molecule has 0 amide bonds. The molecule has 1 N–H and O–H groups in total.